The first kappa shape index (κ1) is 23.3. The van der Waals surface area contributed by atoms with E-state index >= 15 is 0 Å². The van der Waals surface area contributed by atoms with Crippen LogP contribution in [0, 0.1) is 5.82 Å². The lowest BCUT2D eigenvalue weighted by Crippen LogP contribution is -2.52. The number of primary amides is 1. The number of carbonyl (C=O) groups excluding carboxylic acids is 3. The molecule has 0 radical (unpaired) electrons. The van der Waals surface area contributed by atoms with Gasteiger partial charge in [-0.1, -0.05) is 17.7 Å². The van der Waals surface area contributed by atoms with Gasteiger partial charge in [0.05, 0.1) is 23.6 Å². The van der Waals surface area contributed by atoms with Crippen LogP contribution < -0.4 is 16.4 Å². The maximum atomic E-state index is 13.3. The number of amides is 3. The van der Waals surface area contributed by atoms with Crippen LogP contribution in [0.25, 0.3) is 0 Å². The molecule has 12 heteroatoms. The number of aliphatic hydroxyl groups is 2. The monoisotopic (exact) mass is 443 g/mol. The van der Waals surface area contributed by atoms with Crippen LogP contribution in [0.5, 0.6) is 0 Å². The van der Waals surface area contributed by atoms with Gasteiger partial charge in [-0.25, -0.2) is 4.39 Å². The number of aliphatic carboxylic acids is 1. The largest absolute Gasteiger partial charge is 0.481 e. The van der Waals surface area contributed by atoms with E-state index in [1.807, 2.05) is 0 Å². The summed E-state index contributed by atoms with van der Waals surface area (Å²) in [5.74, 6) is -4.82. The van der Waals surface area contributed by atoms with Gasteiger partial charge in [-0.15, -0.1) is 0 Å². The summed E-state index contributed by atoms with van der Waals surface area (Å²) in [6.07, 6.45) is -2.81. The lowest BCUT2D eigenvalue weighted by molar-refractivity contribution is -0.140. The molecule has 162 valence electrons. The van der Waals surface area contributed by atoms with Gasteiger partial charge in [-0.3, -0.25) is 19.2 Å². The van der Waals surface area contributed by atoms with E-state index in [0.29, 0.717) is 0 Å². The number of carbonyl (C=O) groups is 4. The minimum Gasteiger partial charge on any atom is -0.481 e. The molecule has 0 saturated carbocycles. The van der Waals surface area contributed by atoms with Crippen molar-refractivity contribution in [2.45, 2.75) is 37.1 Å². The maximum Gasteiger partial charge on any atom is 0.305 e. The van der Waals surface area contributed by atoms with Crippen LogP contribution in [0.2, 0.25) is 5.02 Å². The molecule has 1 aliphatic rings. The molecule has 10 nitrogen and oxygen atoms in total. The number of hydrogen-bond donors (Lipinski definition) is 6. The molecule has 2 rings (SSSR count). The molecular formula is C18H19ClFN3O7. The summed E-state index contributed by atoms with van der Waals surface area (Å²) < 4.78 is 13.3. The van der Waals surface area contributed by atoms with Gasteiger partial charge >= 0.3 is 5.97 Å². The normalized spacial score (nSPS) is 21.9. The van der Waals surface area contributed by atoms with Crippen molar-refractivity contribution in [2.75, 3.05) is 0 Å². The van der Waals surface area contributed by atoms with Crippen molar-refractivity contribution in [1.82, 2.24) is 10.6 Å². The van der Waals surface area contributed by atoms with Crippen LogP contribution in [0.15, 0.2) is 29.8 Å². The standard InChI is InChI=1S/C18H19ClFN3O7/c19-9-3-7(1-2-10(9)20)17(29)22-11-4-8(5-13(24)15(11)27)18(30)23-12(16(21)28)6-14(25)26/h1-4,11-13,15,24,27H,5-6H2,(H2,21,28)(H,22,29)(H,23,30)(H,25,26). The van der Waals surface area contributed by atoms with E-state index in [0.717, 1.165) is 24.3 Å². The van der Waals surface area contributed by atoms with Gasteiger partial charge in [0.25, 0.3) is 5.91 Å². The van der Waals surface area contributed by atoms with Crippen molar-refractivity contribution in [3.05, 3.63) is 46.3 Å². The molecule has 0 spiro atoms. The van der Waals surface area contributed by atoms with Gasteiger partial charge in [0, 0.05) is 17.6 Å². The van der Waals surface area contributed by atoms with Crippen molar-refractivity contribution in [3.8, 4) is 0 Å². The third-order valence-electron chi connectivity index (χ3n) is 4.37. The highest BCUT2D eigenvalue weighted by Gasteiger charge is 2.35. The Morgan fingerprint density at radius 3 is 2.47 bits per heavy atom. The maximum absolute atomic E-state index is 13.3. The van der Waals surface area contributed by atoms with Gasteiger partial charge < -0.3 is 31.7 Å². The molecule has 0 saturated heterocycles. The Bertz CT molecular complexity index is 908. The molecule has 30 heavy (non-hydrogen) atoms. The van der Waals surface area contributed by atoms with Crippen molar-refractivity contribution >= 4 is 35.3 Å². The molecule has 0 bridgehead atoms. The minimum atomic E-state index is -1.49. The summed E-state index contributed by atoms with van der Waals surface area (Å²) in [4.78, 5) is 46.9. The summed E-state index contributed by atoms with van der Waals surface area (Å²) >= 11 is 5.64. The first-order chi connectivity index (χ1) is 14.0. The summed E-state index contributed by atoms with van der Waals surface area (Å²) in [6.45, 7) is 0. The van der Waals surface area contributed by atoms with E-state index in [-0.39, 0.29) is 22.6 Å². The van der Waals surface area contributed by atoms with E-state index in [4.69, 9.17) is 22.4 Å². The number of carboxylic acid groups (broad SMARTS) is 1. The first-order valence-corrected chi connectivity index (χ1v) is 9.02. The van der Waals surface area contributed by atoms with E-state index in [9.17, 15) is 33.8 Å². The average molecular weight is 444 g/mol. The quantitative estimate of drug-likeness (QED) is 0.315. The van der Waals surface area contributed by atoms with Crippen LogP contribution in [0.3, 0.4) is 0 Å². The highest BCUT2D eigenvalue weighted by molar-refractivity contribution is 6.31. The fourth-order valence-electron chi connectivity index (χ4n) is 2.78. The highest BCUT2D eigenvalue weighted by Crippen LogP contribution is 2.21. The molecule has 1 aromatic carbocycles. The van der Waals surface area contributed by atoms with Crippen molar-refractivity contribution in [3.63, 3.8) is 0 Å². The fraction of sp³-hybridized carbons (Fsp3) is 0.333. The van der Waals surface area contributed by atoms with Crippen LogP contribution >= 0.6 is 11.6 Å². The number of carboxylic acids is 1. The number of benzene rings is 1. The minimum absolute atomic E-state index is 0.0247. The van der Waals surface area contributed by atoms with Crippen molar-refractivity contribution < 1.29 is 38.9 Å². The second kappa shape index (κ2) is 9.65. The lowest BCUT2D eigenvalue weighted by Gasteiger charge is -2.31. The van der Waals surface area contributed by atoms with E-state index < -0.39 is 60.2 Å². The SMILES string of the molecule is NC(=O)C(CC(=O)O)NC(=O)C1=CC(NC(=O)c2ccc(F)c(Cl)c2)C(O)C(O)C1. The zero-order valence-electron chi connectivity index (χ0n) is 15.3. The Morgan fingerprint density at radius 2 is 1.90 bits per heavy atom. The smallest absolute Gasteiger partial charge is 0.305 e. The number of aliphatic hydroxyl groups excluding tert-OH is 2. The number of nitrogens with two attached hydrogens (primary N) is 1. The summed E-state index contributed by atoms with van der Waals surface area (Å²) in [7, 11) is 0. The van der Waals surface area contributed by atoms with Gasteiger partial charge in [-0.05, 0) is 18.2 Å². The zero-order chi connectivity index (χ0) is 22.6. The van der Waals surface area contributed by atoms with Gasteiger partial charge in [0.15, 0.2) is 0 Å². The molecular weight excluding hydrogens is 425 g/mol. The molecule has 0 heterocycles. The number of rotatable bonds is 7. The van der Waals surface area contributed by atoms with E-state index in [1.165, 1.54) is 0 Å². The van der Waals surface area contributed by atoms with Crippen LogP contribution in [0.4, 0.5) is 4.39 Å². The first-order valence-electron chi connectivity index (χ1n) is 8.64. The fourth-order valence-corrected chi connectivity index (χ4v) is 2.97. The molecule has 4 atom stereocenters. The van der Waals surface area contributed by atoms with E-state index in [2.05, 4.69) is 10.6 Å². The Hall–Kier alpha value is -3.02. The van der Waals surface area contributed by atoms with Crippen LogP contribution in [0.1, 0.15) is 23.2 Å². The zero-order valence-corrected chi connectivity index (χ0v) is 16.1. The van der Waals surface area contributed by atoms with Crippen LogP contribution in [-0.4, -0.2) is 63.3 Å². The van der Waals surface area contributed by atoms with Gasteiger partial charge in [0.2, 0.25) is 11.8 Å². The third-order valence-corrected chi connectivity index (χ3v) is 4.66. The average Bonchev–Trinajstić information content (AvgIpc) is 2.66. The Labute approximate surface area is 174 Å². The lowest BCUT2D eigenvalue weighted by atomic mass is 9.89. The predicted octanol–water partition coefficient (Wildman–Crippen LogP) is -0.926. The molecule has 1 aromatic rings. The van der Waals surface area contributed by atoms with Crippen LogP contribution in [-0.2, 0) is 14.4 Å². The molecule has 3 amide bonds. The molecule has 4 unspecified atom stereocenters. The Balaban J connectivity index is 2.18. The van der Waals surface area contributed by atoms with Crippen molar-refractivity contribution in [2.24, 2.45) is 5.73 Å². The number of hydrogen-bond acceptors (Lipinski definition) is 6. The molecule has 0 fully saturated rings. The Kier molecular flexibility index (Phi) is 7.48. The second-order valence-corrected chi connectivity index (χ2v) is 7.02. The van der Waals surface area contributed by atoms with E-state index in [1.54, 1.807) is 0 Å². The molecule has 1 aliphatic carbocycles. The molecule has 7 N–H and O–H groups in total. The number of halogens is 2. The number of nitrogens with one attached hydrogen (secondary N) is 2. The molecule has 0 aromatic heterocycles. The Morgan fingerprint density at radius 1 is 1.23 bits per heavy atom. The third kappa shape index (κ3) is 5.75. The highest BCUT2D eigenvalue weighted by atomic mass is 35.5. The summed E-state index contributed by atoms with van der Waals surface area (Å²) in [5, 5.41) is 33.2. The summed E-state index contributed by atoms with van der Waals surface area (Å²) in [6, 6.07) is 0.498. The van der Waals surface area contributed by atoms with Gasteiger partial charge in [-0.2, -0.15) is 0 Å². The topological polar surface area (TPSA) is 179 Å². The second-order valence-electron chi connectivity index (χ2n) is 6.61. The summed E-state index contributed by atoms with van der Waals surface area (Å²) in [5.41, 5.74) is 4.94. The predicted molar refractivity (Wildman–Crippen MR) is 101 cm³/mol. The van der Waals surface area contributed by atoms with Gasteiger partial charge in [0.1, 0.15) is 18.0 Å². The van der Waals surface area contributed by atoms with Crippen molar-refractivity contribution in [1.29, 1.82) is 0 Å². The molecule has 0 aliphatic heterocycles.